The third-order valence-electron chi connectivity index (χ3n) is 3.24. The van der Waals surface area contributed by atoms with Crippen LogP contribution in [0.25, 0.3) is 6.08 Å². The number of hydrogen-bond donors (Lipinski definition) is 3. The normalized spacial score (nSPS) is 10.1. The van der Waals surface area contributed by atoms with Crippen molar-refractivity contribution in [3.05, 3.63) is 84.5 Å². The van der Waals surface area contributed by atoms with E-state index >= 15 is 0 Å². The average Bonchev–Trinajstić information content (AvgIpc) is 2.70. The van der Waals surface area contributed by atoms with Crippen LogP contribution in [-0.2, 0) is 4.79 Å². The van der Waals surface area contributed by atoms with Crippen LogP contribution < -0.4 is 20.9 Å². The van der Waals surface area contributed by atoms with Crippen molar-refractivity contribution in [3.63, 3.8) is 0 Å². The van der Waals surface area contributed by atoms with Crippen LogP contribution in [-0.4, -0.2) is 23.5 Å². The maximum Gasteiger partial charge on any atom is 0.273 e. The molecule has 7 heteroatoms. The van der Waals surface area contributed by atoms with E-state index in [1.54, 1.807) is 36.4 Å². The maximum atomic E-state index is 12.3. The Morgan fingerprint density at radius 1 is 1.04 bits per heavy atom. The molecule has 0 radical (unpaired) electrons. The molecule has 0 aliphatic carbocycles. The number of hydrogen-bond acceptors (Lipinski definition) is 4. The van der Waals surface area contributed by atoms with Crippen LogP contribution in [0.5, 0.6) is 5.75 Å². The molecule has 0 aromatic heterocycles. The summed E-state index contributed by atoms with van der Waals surface area (Å²) in [6.07, 6.45) is 4.59. The van der Waals surface area contributed by atoms with Crippen LogP contribution in [0.15, 0.2) is 73.3 Å². The molecular weight excluding hydrogens is 362 g/mol. The number of nitrogens with one attached hydrogen (secondary N) is 3. The summed E-state index contributed by atoms with van der Waals surface area (Å²) in [5, 5.41) is 2.41. The molecule has 3 N–H and O–H groups in total. The van der Waals surface area contributed by atoms with Gasteiger partial charge >= 0.3 is 0 Å². The highest BCUT2D eigenvalue weighted by molar-refractivity contribution is 7.80. The monoisotopic (exact) mass is 381 g/mol. The minimum Gasteiger partial charge on any atom is -0.489 e. The molecule has 2 rings (SSSR count). The van der Waals surface area contributed by atoms with Gasteiger partial charge in [-0.3, -0.25) is 25.8 Å². The Morgan fingerprint density at radius 3 is 2.48 bits per heavy atom. The number of carbonyl (C=O) groups excluding carboxylic acids is 2. The van der Waals surface area contributed by atoms with Gasteiger partial charge in [0, 0.05) is 6.08 Å². The van der Waals surface area contributed by atoms with E-state index in [4.69, 9.17) is 17.0 Å². The number of benzene rings is 2. The Bertz CT molecular complexity index is 851. The van der Waals surface area contributed by atoms with Crippen LogP contribution in [0.4, 0.5) is 0 Å². The predicted octanol–water partition coefficient (Wildman–Crippen LogP) is 2.60. The summed E-state index contributed by atoms with van der Waals surface area (Å²) in [5.74, 6) is -0.455. The van der Waals surface area contributed by atoms with E-state index in [1.807, 2.05) is 30.3 Å². The van der Waals surface area contributed by atoms with Crippen molar-refractivity contribution in [2.24, 2.45) is 0 Å². The standard InChI is InChI=1S/C20H19N3O3S/c1-2-14-26-17-11-7-6-10-16(17)19(25)22-23-20(27)21-18(24)13-12-15-8-4-3-5-9-15/h2-13H,1,14H2,(H,22,25)(H2,21,23,24,27). The summed E-state index contributed by atoms with van der Waals surface area (Å²) in [7, 11) is 0. The Morgan fingerprint density at radius 2 is 1.74 bits per heavy atom. The lowest BCUT2D eigenvalue weighted by Gasteiger charge is -2.12. The highest BCUT2D eigenvalue weighted by Crippen LogP contribution is 2.17. The zero-order valence-corrected chi connectivity index (χ0v) is 15.3. The van der Waals surface area contributed by atoms with E-state index in [0.717, 1.165) is 5.56 Å². The van der Waals surface area contributed by atoms with Gasteiger partial charge in [-0.05, 0) is 36.0 Å². The zero-order chi connectivity index (χ0) is 19.5. The van der Waals surface area contributed by atoms with Crippen molar-refractivity contribution in [1.82, 2.24) is 16.2 Å². The molecule has 6 nitrogen and oxygen atoms in total. The fourth-order valence-electron chi connectivity index (χ4n) is 2.03. The van der Waals surface area contributed by atoms with Gasteiger partial charge in [0.15, 0.2) is 5.11 Å². The average molecular weight is 381 g/mol. The van der Waals surface area contributed by atoms with Crippen LogP contribution in [0, 0.1) is 0 Å². The first-order valence-electron chi connectivity index (χ1n) is 8.07. The van der Waals surface area contributed by atoms with E-state index in [-0.39, 0.29) is 11.7 Å². The molecule has 0 aliphatic heterocycles. The second-order valence-corrected chi connectivity index (χ2v) is 5.65. The summed E-state index contributed by atoms with van der Waals surface area (Å²) in [6, 6.07) is 16.1. The molecule has 0 spiro atoms. The molecule has 0 saturated carbocycles. The number of ether oxygens (including phenoxy) is 1. The lowest BCUT2D eigenvalue weighted by molar-refractivity contribution is -0.115. The summed E-state index contributed by atoms with van der Waals surface area (Å²) in [5.41, 5.74) is 6.11. The molecule has 0 bridgehead atoms. The smallest absolute Gasteiger partial charge is 0.273 e. The maximum absolute atomic E-state index is 12.3. The van der Waals surface area contributed by atoms with Gasteiger partial charge in [0.05, 0.1) is 5.56 Å². The van der Waals surface area contributed by atoms with Crippen LogP contribution in [0.2, 0.25) is 0 Å². The number of rotatable bonds is 6. The van der Waals surface area contributed by atoms with E-state index in [1.165, 1.54) is 6.08 Å². The van der Waals surface area contributed by atoms with Crippen molar-refractivity contribution in [3.8, 4) is 5.75 Å². The van der Waals surface area contributed by atoms with Gasteiger partial charge in [-0.1, -0.05) is 55.1 Å². The summed E-state index contributed by atoms with van der Waals surface area (Å²) in [4.78, 5) is 24.1. The molecule has 0 saturated heterocycles. The van der Waals surface area contributed by atoms with Crippen molar-refractivity contribution < 1.29 is 14.3 Å². The van der Waals surface area contributed by atoms with Gasteiger partial charge in [0.25, 0.3) is 5.91 Å². The van der Waals surface area contributed by atoms with Crippen molar-refractivity contribution in [1.29, 1.82) is 0 Å². The highest BCUT2D eigenvalue weighted by Gasteiger charge is 2.12. The second kappa shape index (κ2) is 10.5. The van der Waals surface area contributed by atoms with E-state index in [0.29, 0.717) is 11.3 Å². The first-order chi connectivity index (χ1) is 13.1. The Hall–Kier alpha value is -3.45. The van der Waals surface area contributed by atoms with Gasteiger partial charge in [-0.15, -0.1) is 0 Å². The van der Waals surface area contributed by atoms with Crippen LogP contribution in [0.3, 0.4) is 0 Å². The van der Waals surface area contributed by atoms with E-state index < -0.39 is 11.8 Å². The molecule has 0 atom stereocenters. The quantitative estimate of drug-likeness (QED) is 0.310. The van der Waals surface area contributed by atoms with Gasteiger partial charge in [-0.25, -0.2) is 0 Å². The summed E-state index contributed by atoms with van der Waals surface area (Å²) < 4.78 is 5.43. The molecule has 0 unspecified atom stereocenters. The molecule has 2 aromatic carbocycles. The fraction of sp³-hybridized carbons (Fsp3) is 0.0500. The lowest BCUT2D eigenvalue weighted by Crippen LogP contribution is -2.48. The van der Waals surface area contributed by atoms with Gasteiger partial charge in [0.2, 0.25) is 5.91 Å². The summed E-state index contributed by atoms with van der Waals surface area (Å²) in [6.45, 7) is 3.85. The Labute approximate surface area is 162 Å². The molecule has 27 heavy (non-hydrogen) atoms. The number of amides is 2. The number of hydrazine groups is 1. The van der Waals surface area contributed by atoms with Crippen LogP contribution >= 0.6 is 12.2 Å². The van der Waals surface area contributed by atoms with Crippen molar-refractivity contribution in [2.75, 3.05) is 6.61 Å². The SMILES string of the molecule is C=CCOc1ccccc1C(=O)NNC(=S)NC(=O)C=Cc1ccccc1. The molecule has 0 fully saturated rings. The molecular formula is C20H19N3O3S. The van der Waals surface area contributed by atoms with Crippen LogP contribution in [0.1, 0.15) is 15.9 Å². The van der Waals surface area contributed by atoms with Gasteiger partial charge < -0.3 is 4.74 Å². The minimum absolute atomic E-state index is 0.0319. The van der Waals surface area contributed by atoms with Crippen molar-refractivity contribution >= 4 is 35.2 Å². The molecule has 0 heterocycles. The lowest BCUT2D eigenvalue weighted by atomic mass is 10.2. The Kier molecular flexibility index (Phi) is 7.74. The highest BCUT2D eigenvalue weighted by atomic mass is 32.1. The third kappa shape index (κ3) is 6.75. The Balaban J connectivity index is 1.84. The number of para-hydroxylation sites is 1. The van der Waals surface area contributed by atoms with Gasteiger partial charge in [0.1, 0.15) is 12.4 Å². The van der Waals surface area contributed by atoms with E-state index in [9.17, 15) is 9.59 Å². The topological polar surface area (TPSA) is 79.5 Å². The molecule has 2 aromatic rings. The summed E-state index contributed by atoms with van der Waals surface area (Å²) >= 11 is 5.00. The van der Waals surface area contributed by atoms with E-state index in [2.05, 4.69) is 22.7 Å². The molecule has 0 aliphatic rings. The van der Waals surface area contributed by atoms with Crippen molar-refractivity contribution in [2.45, 2.75) is 0 Å². The first kappa shape index (κ1) is 19.9. The number of thiocarbonyl (C=S) groups is 1. The second-order valence-electron chi connectivity index (χ2n) is 5.24. The predicted molar refractivity (Wildman–Crippen MR) is 109 cm³/mol. The third-order valence-corrected chi connectivity index (χ3v) is 3.45. The fourth-order valence-corrected chi connectivity index (χ4v) is 2.18. The minimum atomic E-state index is -0.453. The zero-order valence-electron chi connectivity index (χ0n) is 14.5. The van der Waals surface area contributed by atoms with Gasteiger partial charge in [-0.2, -0.15) is 0 Å². The molecule has 2 amide bonds. The number of carbonyl (C=O) groups is 2. The first-order valence-corrected chi connectivity index (χ1v) is 8.48. The molecule has 138 valence electrons. The largest absolute Gasteiger partial charge is 0.489 e.